The van der Waals surface area contributed by atoms with Crippen molar-refractivity contribution in [2.45, 2.75) is 44.7 Å². The molecule has 0 aromatic rings. The molecule has 94 valence electrons. The number of nitrogens with zero attached hydrogens (tertiary/aromatic N) is 1. The first-order chi connectivity index (χ1) is 7.76. The molecule has 0 amide bonds. The topological polar surface area (TPSA) is 38.5 Å². The van der Waals surface area contributed by atoms with Gasteiger partial charge in [0.1, 0.15) is 0 Å². The second-order valence-corrected chi connectivity index (χ2v) is 5.49. The van der Waals surface area contributed by atoms with Crippen molar-refractivity contribution in [1.29, 1.82) is 0 Å². The normalized spacial score (nSPS) is 37.3. The van der Waals surface area contributed by atoms with Gasteiger partial charge in [-0.15, -0.1) is 0 Å². The van der Waals surface area contributed by atoms with Crippen molar-refractivity contribution in [3.8, 4) is 0 Å². The highest BCUT2D eigenvalue weighted by Gasteiger charge is 2.40. The van der Waals surface area contributed by atoms with E-state index in [9.17, 15) is 0 Å². The van der Waals surface area contributed by atoms with Gasteiger partial charge in [-0.25, -0.2) is 0 Å². The highest BCUT2D eigenvalue weighted by atomic mass is 16.5. The van der Waals surface area contributed by atoms with Crippen molar-refractivity contribution in [1.82, 2.24) is 4.90 Å². The summed E-state index contributed by atoms with van der Waals surface area (Å²) >= 11 is 0. The summed E-state index contributed by atoms with van der Waals surface area (Å²) in [5.74, 6) is 1.61. The van der Waals surface area contributed by atoms with Gasteiger partial charge in [-0.2, -0.15) is 0 Å². The maximum atomic E-state index is 6.24. The van der Waals surface area contributed by atoms with E-state index in [4.69, 9.17) is 10.5 Å². The third-order valence-corrected chi connectivity index (χ3v) is 4.53. The number of fused-ring (bicyclic) bond motifs is 1. The zero-order valence-corrected chi connectivity index (χ0v) is 10.7. The van der Waals surface area contributed by atoms with Crippen LogP contribution in [0.4, 0.5) is 0 Å². The quantitative estimate of drug-likeness (QED) is 0.789. The zero-order chi connectivity index (χ0) is 11.5. The van der Waals surface area contributed by atoms with Gasteiger partial charge in [0.25, 0.3) is 0 Å². The summed E-state index contributed by atoms with van der Waals surface area (Å²) in [4.78, 5) is 2.62. The van der Waals surface area contributed by atoms with Gasteiger partial charge in [0.2, 0.25) is 0 Å². The Hall–Kier alpha value is -0.120. The van der Waals surface area contributed by atoms with E-state index < -0.39 is 0 Å². The van der Waals surface area contributed by atoms with Gasteiger partial charge in [0, 0.05) is 32.3 Å². The molecule has 2 N–H and O–H groups in total. The van der Waals surface area contributed by atoms with Crippen LogP contribution in [0.3, 0.4) is 0 Å². The third-order valence-electron chi connectivity index (χ3n) is 4.53. The first-order valence-electron chi connectivity index (χ1n) is 6.74. The van der Waals surface area contributed by atoms with E-state index >= 15 is 0 Å². The molecule has 4 unspecified atom stereocenters. The van der Waals surface area contributed by atoms with Gasteiger partial charge >= 0.3 is 0 Å². The Bertz CT molecular complexity index is 222. The molecular weight excluding hydrogens is 200 g/mol. The molecule has 2 fully saturated rings. The highest BCUT2D eigenvalue weighted by molar-refractivity contribution is 4.94. The number of hydrogen-bond acceptors (Lipinski definition) is 3. The molecular formula is C13H26N2O. The van der Waals surface area contributed by atoms with Crippen molar-refractivity contribution >= 4 is 0 Å². The van der Waals surface area contributed by atoms with E-state index in [0.717, 1.165) is 18.4 Å². The van der Waals surface area contributed by atoms with Crippen LogP contribution in [0.1, 0.15) is 32.6 Å². The van der Waals surface area contributed by atoms with E-state index in [-0.39, 0.29) is 0 Å². The largest absolute Gasteiger partial charge is 0.383 e. The van der Waals surface area contributed by atoms with Gasteiger partial charge < -0.3 is 10.5 Å². The minimum atomic E-state index is 0.448. The summed E-state index contributed by atoms with van der Waals surface area (Å²) in [5.41, 5.74) is 6.24. The van der Waals surface area contributed by atoms with Gasteiger partial charge in [-0.05, 0) is 31.1 Å². The molecule has 3 nitrogen and oxygen atoms in total. The first kappa shape index (κ1) is 12.3. The number of hydrogen-bond donors (Lipinski definition) is 1. The van der Waals surface area contributed by atoms with Gasteiger partial charge in [-0.1, -0.05) is 13.3 Å². The average Bonchev–Trinajstić information content (AvgIpc) is 2.71. The average molecular weight is 226 g/mol. The minimum Gasteiger partial charge on any atom is -0.383 e. The Labute approximate surface area is 99.3 Å². The Morgan fingerprint density at radius 3 is 2.81 bits per heavy atom. The maximum Gasteiger partial charge on any atom is 0.0617 e. The summed E-state index contributed by atoms with van der Waals surface area (Å²) in [6.07, 6.45) is 5.13. The SMILES string of the molecule is CCC(COC)N1CC2CCCC(N)C2C1. The van der Waals surface area contributed by atoms with Crippen LogP contribution in [-0.4, -0.2) is 43.8 Å². The summed E-state index contributed by atoms with van der Waals surface area (Å²) < 4.78 is 5.31. The fraction of sp³-hybridized carbons (Fsp3) is 1.00. The molecule has 4 atom stereocenters. The number of methoxy groups -OCH3 is 1. The van der Waals surface area contributed by atoms with E-state index in [0.29, 0.717) is 12.1 Å². The lowest BCUT2D eigenvalue weighted by atomic mass is 9.78. The number of likely N-dealkylation sites (tertiary alicyclic amines) is 1. The molecule has 1 heterocycles. The van der Waals surface area contributed by atoms with Crippen molar-refractivity contribution in [2.75, 3.05) is 26.8 Å². The molecule has 0 spiro atoms. The third kappa shape index (κ3) is 2.41. The minimum absolute atomic E-state index is 0.448. The molecule has 16 heavy (non-hydrogen) atoms. The molecule has 1 saturated heterocycles. The summed E-state index contributed by atoms with van der Waals surface area (Å²) in [6, 6.07) is 1.05. The van der Waals surface area contributed by atoms with Crippen LogP contribution in [0.15, 0.2) is 0 Å². The van der Waals surface area contributed by atoms with Crippen LogP contribution in [0.5, 0.6) is 0 Å². The van der Waals surface area contributed by atoms with Gasteiger partial charge in [0.05, 0.1) is 6.61 Å². The second-order valence-electron chi connectivity index (χ2n) is 5.49. The van der Waals surface area contributed by atoms with Crippen molar-refractivity contribution in [2.24, 2.45) is 17.6 Å². The predicted octanol–water partition coefficient (Wildman–Crippen LogP) is 1.47. The fourth-order valence-corrected chi connectivity index (χ4v) is 3.52. The molecule has 3 heteroatoms. The molecule has 0 radical (unpaired) electrons. The molecule has 1 aliphatic heterocycles. The van der Waals surface area contributed by atoms with Crippen LogP contribution in [-0.2, 0) is 4.74 Å². The molecule has 1 aliphatic carbocycles. The van der Waals surface area contributed by atoms with E-state index in [1.807, 2.05) is 0 Å². The summed E-state index contributed by atoms with van der Waals surface area (Å²) in [6.45, 7) is 5.57. The lowest BCUT2D eigenvalue weighted by molar-refractivity contribution is 0.0988. The molecule has 1 saturated carbocycles. The summed E-state index contributed by atoms with van der Waals surface area (Å²) in [7, 11) is 1.80. The van der Waals surface area contributed by atoms with E-state index in [1.54, 1.807) is 7.11 Å². The van der Waals surface area contributed by atoms with Crippen LogP contribution in [0.25, 0.3) is 0 Å². The number of nitrogens with two attached hydrogens (primary N) is 1. The summed E-state index contributed by atoms with van der Waals surface area (Å²) in [5, 5.41) is 0. The Morgan fingerprint density at radius 2 is 2.19 bits per heavy atom. The Morgan fingerprint density at radius 1 is 1.38 bits per heavy atom. The number of ether oxygens (including phenoxy) is 1. The molecule has 2 rings (SSSR count). The van der Waals surface area contributed by atoms with Gasteiger partial charge in [-0.3, -0.25) is 4.90 Å². The lowest BCUT2D eigenvalue weighted by Crippen LogP contribution is -2.39. The second kappa shape index (κ2) is 5.48. The fourth-order valence-electron chi connectivity index (χ4n) is 3.52. The first-order valence-corrected chi connectivity index (χ1v) is 6.74. The van der Waals surface area contributed by atoms with Crippen LogP contribution in [0.2, 0.25) is 0 Å². The van der Waals surface area contributed by atoms with Crippen molar-refractivity contribution < 1.29 is 4.74 Å². The maximum absolute atomic E-state index is 6.24. The Kier molecular flexibility index (Phi) is 4.22. The van der Waals surface area contributed by atoms with Crippen molar-refractivity contribution in [3.63, 3.8) is 0 Å². The monoisotopic (exact) mass is 226 g/mol. The van der Waals surface area contributed by atoms with E-state index in [1.165, 1.54) is 38.8 Å². The number of rotatable bonds is 4. The molecule has 0 aromatic carbocycles. The van der Waals surface area contributed by atoms with Crippen molar-refractivity contribution in [3.05, 3.63) is 0 Å². The molecule has 0 bridgehead atoms. The van der Waals surface area contributed by atoms with Crippen LogP contribution in [0, 0.1) is 11.8 Å². The smallest absolute Gasteiger partial charge is 0.0617 e. The molecule has 2 aliphatic rings. The van der Waals surface area contributed by atoms with Crippen LogP contribution >= 0.6 is 0 Å². The van der Waals surface area contributed by atoms with E-state index in [2.05, 4.69) is 11.8 Å². The Balaban J connectivity index is 1.94. The predicted molar refractivity (Wildman–Crippen MR) is 66.3 cm³/mol. The zero-order valence-electron chi connectivity index (χ0n) is 10.7. The van der Waals surface area contributed by atoms with Crippen LogP contribution < -0.4 is 5.73 Å². The lowest BCUT2D eigenvalue weighted by Gasteiger charge is -2.30. The standard InChI is InChI=1S/C13H26N2O/c1-3-11(9-16-2)15-7-10-5-4-6-13(14)12(10)8-15/h10-13H,3-9,14H2,1-2H3. The highest BCUT2D eigenvalue weighted by Crippen LogP contribution is 2.36. The van der Waals surface area contributed by atoms with Gasteiger partial charge in [0.15, 0.2) is 0 Å². The molecule has 0 aromatic heterocycles.